The molecular weight excluding hydrogens is 215 g/mol. The van der Waals surface area contributed by atoms with Crippen molar-refractivity contribution in [1.82, 2.24) is 5.32 Å². The van der Waals surface area contributed by atoms with Crippen LogP contribution in [0.5, 0.6) is 0 Å². The quantitative estimate of drug-likeness (QED) is 0.806. The summed E-state index contributed by atoms with van der Waals surface area (Å²) in [7, 11) is 0. The minimum absolute atomic E-state index is 0.0330. The summed E-state index contributed by atoms with van der Waals surface area (Å²) in [6, 6.07) is 5.30. The van der Waals surface area contributed by atoms with Crippen molar-refractivity contribution in [1.29, 1.82) is 0 Å². The average Bonchev–Trinajstić information content (AvgIpc) is 2.39. The summed E-state index contributed by atoms with van der Waals surface area (Å²) in [5.41, 5.74) is 1.82. The van der Waals surface area contributed by atoms with Crippen molar-refractivity contribution < 1.29 is 4.39 Å². The van der Waals surface area contributed by atoms with E-state index in [1.165, 1.54) is 0 Å². The molecule has 0 aromatic heterocycles. The van der Waals surface area contributed by atoms with E-state index in [4.69, 9.17) is 0 Å². The van der Waals surface area contributed by atoms with E-state index in [0.717, 1.165) is 37.3 Å². The first-order valence-electron chi connectivity index (χ1n) is 6.25. The Kier molecular flexibility index (Phi) is 3.38. The van der Waals surface area contributed by atoms with Gasteiger partial charge in [-0.1, -0.05) is 12.1 Å². The van der Waals surface area contributed by atoms with E-state index >= 15 is 0 Å². The van der Waals surface area contributed by atoms with Gasteiger partial charge < -0.3 is 10.2 Å². The lowest BCUT2D eigenvalue weighted by molar-refractivity contribution is 0.415. The number of para-hydroxylation sites is 1. The topological polar surface area (TPSA) is 15.3 Å². The van der Waals surface area contributed by atoms with Gasteiger partial charge in [-0.15, -0.1) is 0 Å². The lowest BCUT2D eigenvalue weighted by Gasteiger charge is -2.32. The Morgan fingerprint density at radius 1 is 1.35 bits per heavy atom. The zero-order valence-electron chi connectivity index (χ0n) is 10.9. The fraction of sp³-hybridized carbons (Fsp3) is 0.571. The van der Waals surface area contributed by atoms with Crippen LogP contribution in [0.15, 0.2) is 18.2 Å². The largest absolute Gasteiger partial charge is 0.367 e. The van der Waals surface area contributed by atoms with Crippen LogP contribution in [0.3, 0.4) is 0 Å². The molecule has 0 aliphatic carbocycles. The third kappa shape index (κ3) is 2.78. The van der Waals surface area contributed by atoms with Gasteiger partial charge in [-0.25, -0.2) is 4.39 Å². The van der Waals surface area contributed by atoms with Gasteiger partial charge in [0.15, 0.2) is 0 Å². The van der Waals surface area contributed by atoms with Gasteiger partial charge in [0.1, 0.15) is 5.82 Å². The number of rotatable bonds is 1. The van der Waals surface area contributed by atoms with Crippen LogP contribution in [0.4, 0.5) is 10.1 Å². The van der Waals surface area contributed by atoms with E-state index < -0.39 is 0 Å². The van der Waals surface area contributed by atoms with E-state index in [-0.39, 0.29) is 11.4 Å². The molecule has 17 heavy (non-hydrogen) atoms. The molecule has 2 nitrogen and oxygen atoms in total. The lowest BCUT2D eigenvalue weighted by atomic mass is 10.0. The number of halogens is 1. The molecule has 0 unspecified atom stereocenters. The molecule has 0 bridgehead atoms. The van der Waals surface area contributed by atoms with E-state index in [1.54, 1.807) is 12.1 Å². The second-order valence-corrected chi connectivity index (χ2v) is 5.49. The number of nitrogens with one attached hydrogen (secondary N) is 1. The van der Waals surface area contributed by atoms with Gasteiger partial charge >= 0.3 is 0 Å². The highest BCUT2D eigenvalue weighted by Crippen LogP contribution is 2.26. The number of anilines is 1. The maximum absolute atomic E-state index is 14.0. The summed E-state index contributed by atoms with van der Waals surface area (Å²) in [6.45, 7) is 9.07. The minimum Gasteiger partial charge on any atom is -0.367 e. The molecule has 2 rings (SSSR count). The summed E-state index contributed by atoms with van der Waals surface area (Å²) in [5, 5.41) is 3.50. The third-order valence-electron chi connectivity index (χ3n) is 3.30. The summed E-state index contributed by atoms with van der Waals surface area (Å²) in [6.07, 6.45) is 1.05. The van der Waals surface area contributed by atoms with E-state index in [9.17, 15) is 4.39 Å². The molecule has 3 heteroatoms. The van der Waals surface area contributed by atoms with E-state index in [0.29, 0.717) is 0 Å². The number of hydrogen-bond acceptors (Lipinski definition) is 2. The standard InChI is InChI=1S/C14H21FN2/c1-11-6-4-7-12(15)13(11)17-9-5-8-16-14(2,3)10-17/h4,6-7,16H,5,8-10H2,1-3H3. The molecule has 1 aliphatic rings. The van der Waals surface area contributed by atoms with Crippen molar-refractivity contribution in [3.05, 3.63) is 29.6 Å². The zero-order valence-corrected chi connectivity index (χ0v) is 10.9. The Labute approximate surface area is 103 Å². The van der Waals surface area contributed by atoms with Crippen molar-refractivity contribution >= 4 is 5.69 Å². The Balaban J connectivity index is 2.32. The third-order valence-corrected chi connectivity index (χ3v) is 3.30. The van der Waals surface area contributed by atoms with Gasteiger partial charge in [0.05, 0.1) is 5.69 Å². The first kappa shape index (κ1) is 12.4. The molecule has 1 heterocycles. The highest BCUT2D eigenvalue weighted by atomic mass is 19.1. The zero-order chi connectivity index (χ0) is 12.5. The molecule has 0 spiro atoms. The first-order valence-corrected chi connectivity index (χ1v) is 6.25. The molecular formula is C14H21FN2. The maximum atomic E-state index is 14.0. The fourth-order valence-electron chi connectivity index (χ4n) is 2.52. The number of nitrogens with zero attached hydrogens (tertiary/aromatic N) is 1. The van der Waals surface area contributed by atoms with Crippen LogP contribution >= 0.6 is 0 Å². The summed E-state index contributed by atoms with van der Waals surface area (Å²) in [5.74, 6) is -0.109. The van der Waals surface area contributed by atoms with Crippen molar-refractivity contribution in [2.24, 2.45) is 0 Å². The number of benzene rings is 1. The molecule has 94 valence electrons. The molecule has 1 aromatic rings. The van der Waals surface area contributed by atoms with Crippen LogP contribution in [-0.4, -0.2) is 25.2 Å². The normalized spacial score (nSPS) is 20.1. The fourth-order valence-corrected chi connectivity index (χ4v) is 2.52. The summed E-state index contributed by atoms with van der Waals surface area (Å²) < 4.78 is 14.0. The van der Waals surface area contributed by atoms with Gasteiger partial charge in [0.25, 0.3) is 0 Å². The van der Waals surface area contributed by atoms with Crippen molar-refractivity contribution in [2.45, 2.75) is 32.7 Å². The highest BCUT2D eigenvalue weighted by molar-refractivity contribution is 5.54. The Morgan fingerprint density at radius 2 is 2.12 bits per heavy atom. The Bertz CT molecular complexity index is 381. The molecule has 1 aromatic carbocycles. The predicted molar refractivity (Wildman–Crippen MR) is 70.0 cm³/mol. The van der Waals surface area contributed by atoms with Crippen LogP contribution in [0.2, 0.25) is 0 Å². The van der Waals surface area contributed by atoms with E-state index in [1.807, 2.05) is 13.0 Å². The second kappa shape index (κ2) is 4.65. The first-order chi connectivity index (χ1) is 7.99. The van der Waals surface area contributed by atoms with Crippen molar-refractivity contribution in [3.63, 3.8) is 0 Å². The van der Waals surface area contributed by atoms with Gasteiger partial charge in [-0.05, 0) is 45.4 Å². The smallest absolute Gasteiger partial charge is 0.146 e. The number of aryl methyl sites for hydroxylation is 1. The van der Waals surface area contributed by atoms with Gasteiger partial charge in [-0.3, -0.25) is 0 Å². The van der Waals surface area contributed by atoms with Crippen LogP contribution in [-0.2, 0) is 0 Å². The average molecular weight is 236 g/mol. The Hall–Kier alpha value is -1.09. The van der Waals surface area contributed by atoms with Crippen LogP contribution in [0.25, 0.3) is 0 Å². The van der Waals surface area contributed by atoms with Gasteiger partial charge in [0, 0.05) is 18.6 Å². The Morgan fingerprint density at radius 3 is 2.82 bits per heavy atom. The van der Waals surface area contributed by atoms with Crippen LogP contribution in [0, 0.1) is 12.7 Å². The molecule has 0 atom stereocenters. The van der Waals surface area contributed by atoms with Crippen molar-refractivity contribution in [2.75, 3.05) is 24.5 Å². The van der Waals surface area contributed by atoms with Crippen molar-refractivity contribution in [3.8, 4) is 0 Å². The van der Waals surface area contributed by atoms with Crippen LogP contribution < -0.4 is 10.2 Å². The van der Waals surface area contributed by atoms with Gasteiger partial charge in [0.2, 0.25) is 0 Å². The SMILES string of the molecule is Cc1cccc(F)c1N1CCCNC(C)(C)C1. The molecule has 1 saturated heterocycles. The van der Waals surface area contributed by atoms with E-state index in [2.05, 4.69) is 24.1 Å². The second-order valence-electron chi connectivity index (χ2n) is 5.49. The maximum Gasteiger partial charge on any atom is 0.146 e. The molecule has 0 radical (unpaired) electrons. The molecule has 1 N–H and O–H groups in total. The molecule has 0 saturated carbocycles. The molecule has 0 amide bonds. The highest BCUT2D eigenvalue weighted by Gasteiger charge is 2.26. The lowest BCUT2D eigenvalue weighted by Crippen LogP contribution is -2.46. The summed E-state index contributed by atoms with van der Waals surface area (Å²) >= 11 is 0. The van der Waals surface area contributed by atoms with Crippen LogP contribution in [0.1, 0.15) is 25.8 Å². The summed E-state index contributed by atoms with van der Waals surface area (Å²) in [4.78, 5) is 2.17. The molecule has 1 aliphatic heterocycles. The minimum atomic E-state index is -0.109. The predicted octanol–water partition coefficient (Wildman–Crippen LogP) is 2.71. The van der Waals surface area contributed by atoms with Gasteiger partial charge in [-0.2, -0.15) is 0 Å². The number of hydrogen-bond donors (Lipinski definition) is 1. The molecule has 1 fully saturated rings. The monoisotopic (exact) mass is 236 g/mol.